The molecule has 0 amide bonds. The Bertz CT molecular complexity index is 953. The van der Waals surface area contributed by atoms with Crippen LogP contribution in [-0.2, 0) is 24.2 Å². The van der Waals surface area contributed by atoms with Crippen molar-refractivity contribution < 1.29 is 32.5 Å². The Hall–Kier alpha value is -2.46. The molecule has 9 heteroatoms. The topological polar surface area (TPSA) is 102 Å². The summed E-state index contributed by atoms with van der Waals surface area (Å²) in [5.74, 6) is -0.500. The first-order chi connectivity index (χ1) is 15.2. The Balaban J connectivity index is 2.44. The van der Waals surface area contributed by atoms with Gasteiger partial charge in [-0.15, -0.1) is 0 Å². The van der Waals surface area contributed by atoms with Gasteiger partial charge in [0.05, 0.1) is 29.3 Å². The monoisotopic (exact) mass is 465 g/mol. The lowest BCUT2D eigenvalue weighted by Crippen LogP contribution is -2.44. The van der Waals surface area contributed by atoms with Gasteiger partial charge in [0.1, 0.15) is 6.10 Å². The Morgan fingerprint density at radius 3 is 2.00 bits per heavy atom. The average molecular weight is 466 g/mol. The number of nitrogens with zero attached hydrogens (tertiary/aromatic N) is 1. The van der Waals surface area contributed by atoms with E-state index in [1.165, 1.54) is 36.4 Å². The van der Waals surface area contributed by atoms with Gasteiger partial charge in [-0.2, -0.15) is 0 Å². The molecule has 1 N–H and O–H groups in total. The largest absolute Gasteiger partial charge is 0.462 e. The number of ether oxygens (including phenoxy) is 3. The molecule has 176 valence electrons. The van der Waals surface area contributed by atoms with Gasteiger partial charge in [0.25, 0.3) is 10.0 Å². The van der Waals surface area contributed by atoms with Gasteiger partial charge in [-0.1, -0.05) is 17.7 Å². The average Bonchev–Trinajstić information content (AvgIpc) is 2.77. The molecule has 2 rings (SSSR count). The van der Waals surface area contributed by atoms with Crippen LogP contribution in [0.5, 0.6) is 0 Å². The van der Waals surface area contributed by atoms with Crippen LogP contribution < -0.4 is 4.31 Å². The first-order valence-electron chi connectivity index (χ1n) is 10.5. The first-order valence-corrected chi connectivity index (χ1v) is 12.0. The molecule has 0 radical (unpaired) electrons. The highest BCUT2D eigenvalue weighted by Gasteiger charge is 2.31. The van der Waals surface area contributed by atoms with E-state index in [1.807, 2.05) is 6.92 Å². The third-order valence-electron chi connectivity index (χ3n) is 4.60. The van der Waals surface area contributed by atoms with E-state index in [9.17, 15) is 18.3 Å². The van der Waals surface area contributed by atoms with Crippen molar-refractivity contribution in [1.82, 2.24) is 0 Å². The lowest BCUT2D eigenvalue weighted by Gasteiger charge is -2.30. The standard InChI is InChI=1S/C23H31NO7S/c1-5-29-22(26)18-10-12-19(13-11-18)24(16-21(25)23(30-6-2)31-7-3)32(27,28)20-14-8-17(4)9-15-20/h8-15,21,23,25H,5-7,16H2,1-4H3/t21-/m1/s1. The molecule has 0 aliphatic heterocycles. The van der Waals surface area contributed by atoms with Gasteiger partial charge >= 0.3 is 5.97 Å². The summed E-state index contributed by atoms with van der Waals surface area (Å²) >= 11 is 0. The van der Waals surface area contributed by atoms with E-state index in [0.717, 1.165) is 9.87 Å². The molecule has 0 saturated heterocycles. The summed E-state index contributed by atoms with van der Waals surface area (Å²) in [6.45, 7) is 7.59. The van der Waals surface area contributed by atoms with Gasteiger partial charge in [0.2, 0.25) is 0 Å². The van der Waals surface area contributed by atoms with Crippen molar-refractivity contribution in [2.75, 3.05) is 30.7 Å². The second kappa shape index (κ2) is 12.0. The predicted octanol–water partition coefficient (Wildman–Crippen LogP) is 3.13. The number of aliphatic hydroxyl groups is 1. The number of anilines is 1. The van der Waals surface area contributed by atoms with Crippen LogP contribution in [0.2, 0.25) is 0 Å². The third-order valence-corrected chi connectivity index (χ3v) is 6.41. The number of carbonyl (C=O) groups is 1. The molecular weight excluding hydrogens is 434 g/mol. The van der Waals surface area contributed by atoms with E-state index >= 15 is 0 Å². The predicted molar refractivity (Wildman–Crippen MR) is 121 cm³/mol. The second-order valence-corrected chi connectivity index (χ2v) is 8.83. The summed E-state index contributed by atoms with van der Waals surface area (Å²) in [5, 5.41) is 10.7. The smallest absolute Gasteiger partial charge is 0.338 e. The van der Waals surface area contributed by atoms with E-state index in [2.05, 4.69) is 0 Å². The van der Waals surface area contributed by atoms with Crippen molar-refractivity contribution in [3.8, 4) is 0 Å². The molecule has 8 nitrogen and oxygen atoms in total. The van der Waals surface area contributed by atoms with Crippen LogP contribution >= 0.6 is 0 Å². The summed E-state index contributed by atoms with van der Waals surface area (Å²) in [6, 6.07) is 12.4. The van der Waals surface area contributed by atoms with Crippen molar-refractivity contribution in [3.05, 3.63) is 59.7 Å². The number of aryl methyl sites for hydroxylation is 1. The molecular formula is C23H31NO7S. The van der Waals surface area contributed by atoms with Crippen LogP contribution in [0, 0.1) is 6.92 Å². The van der Waals surface area contributed by atoms with Crippen molar-refractivity contribution in [1.29, 1.82) is 0 Å². The normalized spacial score (nSPS) is 12.6. The second-order valence-electron chi connectivity index (χ2n) is 6.96. The number of sulfonamides is 1. The molecule has 0 spiro atoms. The Kier molecular flexibility index (Phi) is 9.64. The molecule has 2 aromatic rings. The molecule has 32 heavy (non-hydrogen) atoms. The highest BCUT2D eigenvalue weighted by Crippen LogP contribution is 2.26. The minimum absolute atomic E-state index is 0.0779. The molecule has 0 bridgehead atoms. The van der Waals surface area contributed by atoms with Gasteiger partial charge in [0.15, 0.2) is 6.29 Å². The number of carbonyl (C=O) groups excluding carboxylic acids is 1. The fraction of sp³-hybridized carbons (Fsp3) is 0.435. The van der Waals surface area contributed by atoms with Gasteiger partial charge in [0, 0.05) is 13.2 Å². The van der Waals surface area contributed by atoms with Crippen LogP contribution in [0.1, 0.15) is 36.7 Å². The number of benzene rings is 2. The number of hydrogen-bond donors (Lipinski definition) is 1. The Labute approximate surface area is 189 Å². The van der Waals surface area contributed by atoms with Gasteiger partial charge in [-0.25, -0.2) is 13.2 Å². The number of hydrogen-bond acceptors (Lipinski definition) is 7. The zero-order chi connectivity index (χ0) is 23.7. The molecule has 0 aromatic heterocycles. The van der Waals surface area contributed by atoms with Crippen LogP contribution in [-0.4, -0.2) is 58.3 Å². The minimum atomic E-state index is -4.03. The van der Waals surface area contributed by atoms with Crippen LogP contribution in [0.25, 0.3) is 0 Å². The van der Waals surface area contributed by atoms with Crippen LogP contribution in [0.4, 0.5) is 5.69 Å². The summed E-state index contributed by atoms with van der Waals surface area (Å²) in [5.41, 5.74) is 1.50. The van der Waals surface area contributed by atoms with Crippen molar-refractivity contribution in [3.63, 3.8) is 0 Å². The van der Waals surface area contributed by atoms with Crippen molar-refractivity contribution in [2.45, 2.75) is 45.0 Å². The van der Waals surface area contributed by atoms with Crippen molar-refractivity contribution >= 4 is 21.7 Å². The summed E-state index contributed by atoms with van der Waals surface area (Å²) in [6.07, 6.45) is -2.24. The first kappa shape index (κ1) is 25.8. The summed E-state index contributed by atoms with van der Waals surface area (Å²) < 4.78 is 43.9. The number of aliphatic hydroxyl groups excluding tert-OH is 1. The maximum Gasteiger partial charge on any atom is 0.338 e. The lowest BCUT2D eigenvalue weighted by molar-refractivity contribution is -0.186. The van der Waals surface area contributed by atoms with Gasteiger partial charge in [-0.05, 0) is 64.1 Å². The lowest BCUT2D eigenvalue weighted by atomic mass is 10.2. The molecule has 0 saturated carbocycles. The molecule has 0 aliphatic carbocycles. The molecule has 0 aliphatic rings. The van der Waals surface area contributed by atoms with E-state index in [4.69, 9.17) is 14.2 Å². The van der Waals surface area contributed by atoms with Crippen LogP contribution in [0.15, 0.2) is 53.4 Å². The maximum absolute atomic E-state index is 13.5. The molecule has 0 fully saturated rings. The summed E-state index contributed by atoms with van der Waals surface area (Å²) in [7, 11) is -4.03. The molecule has 0 unspecified atom stereocenters. The zero-order valence-electron chi connectivity index (χ0n) is 18.9. The third kappa shape index (κ3) is 6.52. The van der Waals surface area contributed by atoms with Crippen molar-refractivity contribution in [2.24, 2.45) is 0 Å². The fourth-order valence-electron chi connectivity index (χ4n) is 3.01. The zero-order valence-corrected chi connectivity index (χ0v) is 19.7. The number of rotatable bonds is 12. The van der Waals surface area contributed by atoms with E-state index in [1.54, 1.807) is 32.9 Å². The number of esters is 1. The fourth-order valence-corrected chi connectivity index (χ4v) is 4.50. The van der Waals surface area contributed by atoms with Crippen LogP contribution in [0.3, 0.4) is 0 Å². The molecule has 0 heterocycles. The highest BCUT2D eigenvalue weighted by molar-refractivity contribution is 7.92. The van der Waals surface area contributed by atoms with Gasteiger partial charge in [-0.3, -0.25) is 4.31 Å². The maximum atomic E-state index is 13.5. The van der Waals surface area contributed by atoms with E-state index in [-0.39, 0.29) is 23.7 Å². The Morgan fingerprint density at radius 1 is 0.938 bits per heavy atom. The van der Waals surface area contributed by atoms with E-state index in [0.29, 0.717) is 18.8 Å². The highest BCUT2D eigenvalue weighted by atomic mass is 32.2. The SMILES string of the molecule is CCOC(=O)c1ccc(N(C[C@@H](O)C(OCC)OCC)S(=O)(=O)c2ccc(C)cc2)cc1. The summed E-state index contributed by atoms with van der Waals surface area (Å²) in [4.78, 5) is 12.0. The minimum Gasteiger partial charge on any atom is -0.462 e. The Morgan fingerprint density at radius 2 is 1.50 bits per heavy atom. The van der Waals surface area contributed by atoms with Gasteiger partial charge < -0.3 is 19.3 Å². The molecule has 2 aromatic carbocycles. The quantitative estimate of drug-likeness (QED) is 0.379. The van der Waals surface area contributed by atoms with E-state index < -0.39 is 28.4 Å². The molecule has 1 atom stereocenters.